The molecule has 12 aromatic rings. The summed E-state index contributed by atoms with van der Waals surface area (Å²) in [5, 5.41) is 5.66. The Morgan fingerprint density at radius 2 is 0.860 bits per heavy atom. The first-order valence-electron chi connectivity index (χ1n) is 19.0. The van der Waals surface area contributed by atoms with E-state index >= 15 is 0 Å². The van der Waals surface area contributed by atoms with Crippen LogP contribution in [0.4, 0.5) is 0 Å². The number of benzene rings is 8. The monoisotopic (exact) mass is 746 g/mol. The third kappa shape index (κ3) is 5.13. The number of fused-ring (bicyclic) bond motifs is 9. The zero-order chi connectivity index (χ0) is 37.5. The van der Waals surface area contributed by atoms with Gasteiger partial charge in [0.1, 0.15) is 28.7 Å². The van der Waals surface area contributed by atoms with Gasteiger partial charge in [-0.15, -0.1) is 11.3 Å². The quantitative estimate of drug-likeness (QED) is 0.176. The SMILES string of the molecule is c1cc(-c2cccc(-c3ncnc4c3sc3ccc(-c5cccc(-c6cccc7c6oc6ccccc67)c5)cc34)c2)cc(-c2cccc3c2oc2ccccc23)c1. The lowest BCUT2D eigenvalue weighted by Crippen LogP contribution is -1.88. The summed E-state index contributed by atoms with van der Waals surface area (Å²) in [5.41, 5.74) is 15.5. The van der Waals surface area contributed by atoms with Gasteiger partial charge in [0.15, 0.2) is 0 Å². The van der Waals surface area contributed by atoms with Gasteiger partial charge in [-0.2, -0.15) is 0 Å². The highest BCUT2D eigenvalue weighted by Gasteiger charge is 2.17. The fraction of sp³-hybridized carbons (Fsp3) is 0. The molecule has 0 aliphatic carbocycles. The van der Waals surface area contributed by atoms with Crippen LogP contribution in [0, 0.1) is 0 Å². The van der Waals surface area contributed by atoms with Gasteiger partial charge in [-0.1, -0.05) is 133 Å². The summed E-state index contributed by atoms with van der Waals surface area (Å²) in [6.45, 7) is 0. The van der Waals surface area contributed by atoms with Gasteiger partial charge in [-0.05, 0) is 75.8 Å². The van der Waals surface area contributed by atoms with E-state index in [1.165, 1.54) is 4.70 Å². The highest BCUT2D eigenvalue weighted by Crippen LogP contribution is 2.42. The second-order valence-corrected chi connectivity index (χ2v) is 15.6. The lowest BCUT2D eigenvalue weighted by Gasteiger charge is -2.09. The average molecular weight is 747 g/mol. The number of thiophene rings is 1. The third-order valence-corrected chi connectivity index (χ3v) is 12.4. The van der Waals surface area contributed by atoms with Gasteiger partial charge >= 0.3 is 0 Å². The van der Waals surface area contributed by atoms with E-state index in [-0.39, 0.29) is 0 Å². The second-order valence-electron chi connectivity index (χ2n) is 14.5. The van der Waals surface area contributed by atoms with Crippen LogP contribution in [0.15, 0.2) is 191 Å². The van der Waals surface area contributed by atoms with Crippen molar-refractivity contribution in [3.05, 3.63) is 182 Å². The average Bonchev–Trinajstić information content (AvgIpc) is 3.98. The van der Waals surface area contributed by atoms with E-state index < -0.39 is 0 Å². The van der Waals surface area contributed by atoms with E-state index in [2.05, 4.69) is 152 Å². The van der Waals surface area contributed by atoms with Gasteiger partial charge in [0.2, 0.25) is 0 Å². The minimum atomic E-state index is 0.903. The molecule has 0 N–H and O–H groups in total. The zero-order valence-corrected chi connectivity index (χ0v) is 31.3. The molecule has 4 heterocycles. The Morgan fingerprint density at radius 1 is 0.368 bits per heavy atom. The Kier molecular flexibility index (Phi) is 7.06. The summed E-state index contributed by atoms with van der Waals surface area (Å²) in [7, 11) is 0. The largest absolute Gasteiger partial charge is 0.455 e. The van der Waals surface area contributed by atoms with Gasteiger partial charge in [0.25, 0.3) is 0 Å². The van der Waals surface area contributed by atoms with E-state index in [1.54, 1.807) is 17.7 Å². The summed E-state index contributed by atoms with van der Waals surface area (Å²) in [6.07, 6.45) is 1.70. The Hall–Kier alpha value is -7.34. The predicted molar refractivity (Wildman–Crippen MR) is 237 cm³/mol. The summed E-state index contributed by atoms with van der Waals surface area (Å²) in [6, 6.07) is 62.1. The summed E-state index contributed by atoms with van der Waals surface area (Å²) >= 11 is 1.75. The van der Waals surface area contributed by atoms with Gasteiger partial charge in [0.05, 0.1) is 15.9 Å². The fourth-order valence-corrected chi connectivity index (χ4v) is 9.64. The minimum absolute atomic E-state index is 0.903. The Balaban J connectivity index is 0.911. The molecule has 12 rings (SSSR count). The van der Waals surface area contributed by atoms with E-state index in [1.807, 2.05) is 24.3 Å². The molecule has 0 amide bonds. The molecule has 0 saturated carbocycles. The molecule has 4 nitrogen and oxygen atoms in total. The van der Waals surface area contributed by atoms with Crippen molar-refractivity contribution in [3.8, 4) is 55.8 Å². The molecule has 4 aromatic heterocycles. The topological polar surface area (TPSA) is 52.1 Å². The highest BCUT2D eigenvalue weighted by atomic mass is 32.1. The van der Waals surface area contributed by atoms with E-state index in [0.29, 0.717) is 0 Å². The normalized spacial score (nSPS) is 11.9. The Morgan fingerprint density at radius 3 is 1.47 bits per heavy atom. The number of nitrogens with zero attached hydrogens (tertiary/aromatic N) is 2. The minimum Gasteiger partial charge on any atom is -0.455 e. The van der Waals surface area contributed by atoms with Crippen molar-refractivity contribution in [1.29, 1.82) is 0 Å². The number of para-hydroxylation sites is 4. The first kappa shape index (κ1) is 32.0. The lowest BCUT2D eigenvalue weighted by molar-refractivity contribution is 0.669. The standard InChI is InChI=1S/C52H30N2O2S/c1-3-22-45-40(16-1)42-20-8-18-38(50(42)55-45)35-13-5-10-31(26-35)33-12-7-15-37(28-33)48-52-49(54-30-53-48)44-29-34(24-25-47(44)57-52)32-11-6-14-36(27-32)39-19-9-21-43-41-17-2-4-23-46(41)56-51(39)43/h1-30H. The molecule has 0 aliphatic rings. The molecule has 0 fully saturated rings. The molecule has 266 valence electrons. The van der Waals surface area contributed by atoms with Crippen LogP contribution in [0.5, 0.6) is 0 Å². The lowest BCUT2D eigenvalue weighted by atomic mass is 9.96. The van der Waals surface area contributed by atoms with Crippen molar-refractivity contribution in [2.45, 2.75) is 0 Å². The van der Waals surface area contributed by atoms with Crippen molar-refractivity contribution in [3.63, 3.8) is 0 Å². The van der Waals surface area contributed by atoms with Gasteiger partial charge in [0, 0.05) is 48.3 Å². The summed E-state index contributed by atoms with van der Waals surface area (Å²) in [4.78, 5) is 9.73. The summed E-state index contributed by atoms with van der Waals surface area (Å²) < 4.78 is 15.0. The van der Waals surface area contributed by atoms with Crippen LogP contribution in [0.2, 0.25) is 0 Å². The number of rotatable bonds is 5. The van der Waals surface area contributed by atoms with Gasteiger partial charge in [-0.3, -0.25) is 0 Å². The molecule has 57 heavy (non-hydrogen) atoms. The first-order valence-corrected chi connectivity index (χ1v) is 19.8. The van der Waals surface area contributed by atoms with E-state index in [9.17, 15) is 0 Å². The highest BCUT2D eigenvalue weighted by molar-refractivity contribution is 7.26. The Bertz CT molecular complexity index is 3550. The van der Waals surface area contributed by atoms with Crippen molar-refractivity contribution < 1.29 is 8.83 Å². The molecule has 0 bridgehead atoms. The summed E-state index contributed by atoms with van der Waals surface area (Å²) in [5.74, 6) is 0. The van der Waals surface area contributed by atoms with E-state index in [4.69, 9.17) is 18.8 Å². The number of hydrogen-bond acceptors (Lipinski definition) is 5. The molecule has 5 heteroatoms. The number of furan rings is 2. The fourth-order valence-electron chi connectivity index (χ4n) is 8.49. The van der Waals surface area contributed by atoms with Crippen molar-refractivity contribution in [2.75, 3.05) is 0 Å². The molecular formula is C52H30N2O2S. The molecule has 8 aromatic carbocycles. The van der Waals surface area contributed by atoms with Crippen LogP contribution >= 0.6 is 11.3 Å². The first-order chi connectivity index (χ1) is 28.2. The number of hydrogen-bond donors (Lipinski definition) is 0. The van der Waals surface area contributed by atoms with Crippen molar-refractivity contribution in [2.24, 2.45) is 0 Å². The zero-order valence-electron chi connectivity index (χ0n) is 30.4. The van der Waals surface area contributed by atoms with Crippen LogP contribution in [0.3, 0.4) is 0 Å². The van der Waals surface area contributed by atoms with Crippen LogP contribution in [-0.4, -0.2) is 9.97 Å². The van der Waals surface area contributed by atoms with Gasteiger partial charge < -0.3 is 8.83 Å². The van der Waals surface area contributed by atoms with Crippen LogP contribution in [-0.2, 0) is 0 Å². The van der Waals surface area contributed by atoms with Crippen LogP contribution < -0.4 is 0 Å². The molecule has 0 unspecified atom stereocenters. The molecule has 0 atom stereocenters. The van der Waals surface area contributed by atoms with Crippen LogP contribution in [0.25, 0.3) is 120 Å². The van der Waals surface area contributed by atoms with Gasteiger partial charge in [-0.25, -0.2) is 9.97 Å². The molecular weight excluding hydrogens is 717 g/mol. The smallest absolute Gasteiger partial charge is 0.143 e. The number of aromatic nitrogens is 2. The Labute approximate surface area is 330 Å². The van der Waals surface area contributed by atoms with Crippen molar-refractivity contribution >= 4 is 75.5 Å². The maximum Gasteiger partial charge on any atom is 0.143 e. The molecule has 0 radical (unpaired) electrons. The molecule has 0 aliphatic heterocycles. The third-order valence-electron chi connectivity index (χ3n) is 11.2. The second kappa shape index (κ2) is 12.6. The van der Waals surface area contributed by atoms with E-state index in [0.717, 1.165) is 115 Å². The maximum atomic E-state index is 6.39. The maximum absolute atomic E-state index is 6.39. The molecule has 0 spiro atoms. The molecule has 0 saturated heterocycles. The van der Waals surface area contributed by atoms with Crippen LogP contribution in [0.1, 0.15) is 0 Å². The van der Waals surface area contributed by atoms with Crippen molar-refractivity contribution in [1.82, 2.24) is 9.97 Å². The predicted octanol–water partition coefficient (Wildman–Crippen LogP) is 15.0.